The Kier molecular flexibility index (Phi) is 3.83. The van der Waals surface area contributed by atoms with Crippen molar-refractivity contribution in [1.82, 2.24) is 14.9 Å². The number of amides is 1. The van der Waals surface area contributed by atoms with Crippen molar-refractivity contribution in [3.05, 3.63) is 17.5 Å². The van der Waals surface area contributed by atoms with Gasteiger partial charge in [0.25, 0.3) is 0 Å². The van der Waals surface area contributed by atoms with Crippen LogP contribution >= 0.6 is 11.8 Å². The lowest BCUT2D eigenvalue weighted by Gasteiger charge is -2.41. The van der Waals surface area contributed by atoms with Crippen molar-refractivity contribution in [3.8, 4) is 0 Å². The minimum atomic E-state index is 0.127. The first-order chi connectivity index (χ1) is 9.63. The molecule has 0 saturated carbocycles. The first-order valence-electron chi connectivity index (χ1n) is 7.07. The van der Waals surface area contributed by atoms with Crippen LogP contribution in [-0.2, 0) is 4.79 Å². The molecule has 1 aromatic heterocycles. The maximum absolute atomic E-state index is 12.3. The van der Waals surface area contributed by atoms with Gasteiger partial charge in [0.1, 0.15) is 0 Å². The summed E-state index contributed by atoms with van der Waals surface area (Å²) in [6, 6.07) is 1.97. The summed E-state index contributed by atoms with van der Waals surface area (Å²) in [7, 11) is 0. The van der Waals surface area contributed by atoms with Crippen molar-refractivity contribution in [1.29, 1.82) is 0 Å². The number of nitrogens with zero attached hydrogens (tertiary/aromatic N) is 4. The maximum Gasteiger partial charge on any atom is 0.229 e. The molecule has 1 aromatic rings. The van der Waals surface area contributed by atoms with E-state index in [0.29, 0.717) is 5.91 Å². The Morgan fingerprint density at radius 1 is 1.20 bits per heavy atom. The van der Waals surface area contributed by atoms with E-state index in [-0.39, 0.29) is 5.92 Å². The third kappa shape index (κ3) is 2.75. The lowest BCUT2D eigenvalue weighted by atomic mass is 9.99. The molecule has 6 heteroatoms. The second kappa shape index (κ2) is 5.60. The van der Waals surface area contributed by atoms with Crippen LogP contribution in [0.5, 0.6) is 0 Å². The van der Waals surface area contributed by atoms with Gasteiger partial charge in [0.05, 0.1) is 5.92 Å². The van der Waals surface area contributed by atoms with Gasteiger partial charge in [-0.2, -0.15) is 11.8 Å². The van der Waals surface area contributed by atoms with E-state index >= 15 is 0 Å². The Morgan fingerprint density at radius 3 is 2.40 bits per heavy atom. The summed E-state index contributed by atoms with van der Waals surface area (Å²) in [5, 5.41) is 0. The lowest BCUT2D eigenvalue weighted by Crippen LogP contribution is -2.56. The van der Waals surface area contributed by atoms with Gasteiger partial charge in [-0.1, -0.05) is 0 Å². The highest BCUT2D eigenvalue weighted by atomic mass is 32.2. The molecule has 2 aliphatic rings. The van der Waals surface area contributed by atoms with Crippen molar-refractivity contribution in [3.63, 3.8) is 0 Å². The summed E-state index contributed by atoms with van der Waals surface area (Å²) in [5.41, 5.74) is 1.96. The molecule has 0 unspecified atom stereocenters. The minimum Gasteiger partial charge on any atom is -0.341 e. The number of hydrogen-bond donors (Lipinski definition) is 0. The summed E-state index contributed by atoms with van der Waals surface area (Å²) < 4.78 is 0. The summed E-state index contributed by atoms with van der Waals surface area (Å²) in [6.07, 6.45) is 0. The molecule has 0 aliphatic carbocycles. The van der Waals surface area contributed by atoms with Gasteiger partial charge in [-0.15, -0.1) is 0 Å². The van der Waals surface area contributed by atoms with Crippen LogP contribution in [-0.4, -0.2) is 58.5 Å². The Hall–Kier alpha value is -1.30. The number of thioether (sulfide) groups is 1. The van der Waals surface area contributed by atoms with E-state index in [1.54, 1.807) is 0 Å². The van der Waals surface area contributed by atoms with E-state index in [1.165, 1.54) is 0 Å². The molecular weight excluding hydrogens is 272 g/mol. The summed E-state index contributed by atoms with van der Waals surface area (Å²) >= 11 is 1.93. The predicted octanol–water partition coefficient (Wildman–Crippen LogP) is 1.11. The second-order valence-corrected chi connectivity index (χ2v) is 6.72. The van der Waals surface area contributed by atoms with Gasteiger partial charge in [0.2, 0.25) is 11.9 Å². The highest BCUT2D eigenvalue weighted by Crippen LogP contribution is 2.24. The molecular formula is C14H20N4OS. The lowest BCUT2D eigenvalue weighted by molar-refractivity contribution is -0.135. The first kappa shape index (κ1) is 13.7. The number of aryl methyl sites for hydroxylation is 2. The molecule has 3 heterocycles. The number of aromatic nitrogens is 2. The van der Waals surface area contributed by atoms with E-state index in [0.717, 1.165) is 55.0 Å². The van der Waals surface area contributed by atoms with Crippen LogP contribution < -0.4 is 4.90 Å². The molecule has 0 atom stereocenters. The van der Waals surface area contributed by atoms with Gasteiger partial charge in [-0.05, 0) is 19.9 Å². The van der Waals surface area contributed by atoms with Crippen LogP contribution in [0.1, 0.15) is 11.4 Å². The van der Waals surface area contributed by atoms with Gasteiger partial charge in [-0.3, -0.25) is 4.79 Å². The first-order valence-corrected chi connectivity index (χ1v) is 8.23. The van der Waals surface area contributed by atoms with Gasteiger partial charge < -0.3 is 9.80 Å². The SMILES string of the molecule is Cc1cc(C)nc(N2CC(C(=O)N3CCSCC3)C2)n1. The summed E-state index contributed by atoms with van der Waals surface area (Å²) in [4.78, 5) is 25.4. The van der Waals surface area contributed by atoms with E-state index in [9.17, 15) is 4.79 Å². The fourth-order valence-electron chi connectivity index (χ4n) is 2.69. The van der Waals surface area contributed by atoms with Crippen LogP contribution in [0.4, 0.5) is 5.95 Å². The van der Waals surface area contributed by atoms with Crippen LogP contribution in [0.3, 0.4) is 0 Å². The third-order valence-corrected chi connectivity index (χ3v) is 4.75. The number of anilines is 1. The second-order valence-electron chi connectivity index (χ2n) is 5.49. The standard InChI is InChI=1S/C14H20N4OS/c1-10-7-11(2)16-14(15-10)18-8-12(9-18)13(19)17-3-5-20-6-4-17/h7,12H,3-6,8-9H2,1-2H3. The van der Waals surface area contributed by atoms with Crippen LogP contribution in [0.15, 0.2) is 6.07 Å². The Morgan fingerprint density at radius 2 is 1.80 bits per heavy atom. The molecule has 2 aliphatic heterocycles. The third-order valence-electron chi connectivity index (χ3n) is 3.81. The van der Waals surface area contributed by atoms with Crippen molar-refractivity contribution in [2.45, 2.75) is 13.8 Å². The van der Waals surface area contributed by atoms with E-state index < -0.39 is 0 Å². The van der Waals surface area contributed by atoms with E-state index in [1.807, 2.05) is 36.6 Å². The van der Waals surface area contributed by atoms with Gasteiger partial charge in [0, 0.05) is 49.1 Å². The number of hydrogen-bond acceptors (Lipinski definition) is 5. The number of carbonyl (C=O) groups is 1. The molecule has 2 fully saturated rings. The number of rotatable bonds is 2. The fourth-order valence-corrected chi connectivity index (χ4v) is 3.59. The minimum absolute atomic E-state index is 0.127. The highest BCUT2D eigenvalue weighted by molar-refractivity contribution is 7.99. The van der Waals surface area contributed by atoms with E-state index in [4.69, 9.17) is 0 Å². The Bertz CT molecular complexity index is 490. The van der Waals surface area contributed by atoms with Gasteiger partial charge in [0.15, 0.2) is 0 Å². The zero-order valence-electron chi connectivity index (χ0n) is 12.0. The fraction of sp³-hybridized carbons (Fsp3) is 0.643. The molecule has 0 spiro atoms. The van der Waals surface area contributed by atoms with Gasteiger partial charge in [-0.25, -0.2) is 9.97 Å². The molecule has 3 rings (SSSR count). The summed E-state index contributed by atoms with van der Waals surface area (Å²) in [5.74, 6) is 3.35. The number of carbonyl (C=O) groups excluding carboxylic acids is 1. The average Bonchev–Trinajstić information content (AvgIpc) is 2.36. The molecule has 0 bridgehead atoms. The zero-order chi connectivity index (χ0) is 14.1. The molecule has 2 saturated heterocycles. The molecule has 20 heavy (non-hydrogen) atoms. The van der Waals surface area contributed by atoms with Crippen LogP contribution in [0.25, 0.3) is 0 Å². The highest BCUT2D eigenvalue weighted by Gasteiger charge is 2.37. The Balaban J connectivity index is 1.59. The molecule has 5 nitrogen and oxygen atoms in total. The topological polar surface area (TPSA) is 49.3 Å². The maximum atomic E-state index is 12.3. The molecule has 1 amide bonds. The van der Waals surface area contributed by atoms with Crippen molar-refractivity contribution in [2.75, 3.05) is 42.6 Å². The van der Waals surface area contributed by atoms with Crippen molar-refractivity contribution >= 4 is 23.6 Å². The average molecular weight is 292 g/mol. The van der Waals surface area contributed by atoms with Crippen molar-refractivity contribution < 1.29 is 4.79 Å². The zero-order valence-corrected chi connectivity index (χ0v) is 12.8. The molecule has 0 N–H and O–H groups in total. The smallest absolute Gasteiger partial charge is 0.229 e. The quantitative estimate of drug-likeness (QED) is 0.817. The molecule has 108 valence electrons. The monoisotopic (exact) mass is 292 g/mol. The van der Waals surface area contributed by atoms with Gasteiger partial charge >= 0.3 is 0 Å². The molecule has 0 aromatic carbocycles. The normalized spacial score (nSPS) is 19.9. The van der Waals surface area contributed by atoms with Crippen LogP contribution in [0, 0.1) is 19.8 Å². The summed E-state index contributed by atoms with van der Waals surface area (Å²) in [6.45, 7) is 7.27. The largest absolute Gasteiger partial charge is 0.341 e. The van der Waals surface area contributed by atoms with Crippen molar-refractivity contribution in [2.24, 2.45) is 5.92 Å². The predicted molar refractivity (Wildman–Crippen MR) is 81.1 cm³/mol. The van der Waals surface area contributed by atoms with E-state index in [2.05, 4.69) is 14.9 Å². The van der Waals surface area contributed by atoms with Crippen LogP contribution in [0.2, 0.25) is 0 Å². The molecule has 0 radical (unpaired) electrons. The Labute approximate surface area is 123 Å².